The van der Waals surface area contributed by atoms with Gasteiger partial charge in [0.2, 0.25) is 0 Å². The first-order chi connectivity index (χ1) is 12.7. The third-order valence-corrected chi connectivity index (χ3v) is 4.39. The van der Waals surface area contributed by atoms with Crippen LogP contribution < -0.4 is 5.73 Å². The van der Waals surface area contributed by atoms with Crippen LogP contribution in [0.1, 0.15) is 28.5 Å². The monoisotopic (exact) mass is 341 g/mol. The van der Waals surface area contributed by atoms with Gasteiger partial charge in [-0.15, -0.1) is 0 Å². The SMILES string of the molecule is Nc1cccc(C(O)c2ccc3c(/C=C/c4ccccc4)n[nH]c3c2)c1. The minimum absolute atomic E-state index is 0.637. The van der Waals surface area contributed by atoms with Gasteiger partial charge in [-0.25, -0.2) is 0 Å². The normalized spacial score (nSPS) is 12.7. The third-order valence-electron chi connectivity index (χ3n) is 4.39. The van der Waals surface area contributed by atoms with E-state index in [0.29, 0.717) is 5.69 Å². The molecule has 4 heteroatoms. The van der Waals surface area contributed by atoms with E-state index in [1.807, 2.05) is 72.8 Å². The van der Waals surface area contributed by atoms with Crippen molar-refractivity contribution in [3.05, 3.63) is 95.2 Å². The second-order valence-electron chi connectivity index (χ2n) is 6.23. The molecule has 0 aliphatic heterocycles. The lowest BCUT2D eigenvalue weighted by Gasteiger charge is -2.12. The van der Waals surface area contributed by atoms with Gasteiger partial charge >= 0.3 is 0 Å². The number of nitrogens with one attached hydrogen (secondary N) is 1. The van der Waals surface area contributed by atoms with Gasteiger partial charge in [0.05, 0.1) is 11.2 Å². The number of nitrogens with two attached hydrogens (primary N) is 1. The van der Waals surface area contributed by atoms with E-state index in [9.17, 15) is 5.11 Å². The fourth-order valence-electron chi connectivity index (χ4n) is 3.02. The summed E-state index contributed by atoms with van der Waals surface area (Å²) in [4.78, 5) is 0. The van der Waals surface area contributed by atoms with E-state index in [0.717, 1.165) is 33.3 Å². The van der Waals surface area contributed by atoms with Gasteiger partial charge in [-0.1, -0.05) is 60.7 Å². The van der Waals surface area contributed by atoms with Crippen molar-refractivity contribution in [3.8, 4) is 0 Å². The highest BCUT2D eigenvalue weighted by Crippen LogP contribution is 2.27. The molecule has 0 spiro atoms. The number of aromatic nitrogens is 2. The molecule has 0 amide bonds. The molecular formula is C22H19N3O. The first-order valence-corrected chi connectivity index (χ1v) is 8.45. The highest BCUT2D eigenvalue weighted by molar-refractivity contribution is 5.89. The Labute approximate surface area is 151 Å². The van der Waals surface area contributed by atoms with Gasteiger partial charge in [0.15, 0.2) is 0 Å². The Morgan fingerprint density at radius 1 is 0.885 bits per heavy atom. The Balaban J connectivity index is 1.64. The quantitative estimate of drug-likeness (QED) is 0.482. The van der Waals surface area contributed by atoms with Crippen molar-refractivity contribution in [2.75, 3.05) is 5.73 Å². The average Bonchev–Trinajstić information content (AvgIpc) is 3.09. The fourth-order valence-corrected chi connectivity index (χ4v) is 3.02. The molecule has 0 radical (unpaired) electrons. The van der Waals surface area contributed by atoms with E-state index in [1.165, 1.54) is 0 Å². The Morgan fingerprint density at radius 2 is 1.69 bits per heavy atom. The molecule has 26 heavy (non-hydrogen) atoms. The standard InChI is InChI=1S/C22H19N3O/c23-18-8-4-7-16(13-18)22(26)17-10-11-19-20(24-25-21(19)14-17)12-9-15-5-2-1-3-6-15/h1-14,22,26H,23H2,(H,24,25)/b12-9+. The van der Waals surface area contributed by atoms with Crippen LogP contribution in [0.25, 0.3) is 23.1 Å². The van der Waals surface area contributed by atoms with Crippen LogP contribution in [0.5, 0.6) is 0 Å². The molecular weight excluding hydrogens is 322 g/mol. The minimum Gasteiger partial charge on any atom is -0.399 e. The van der Waals surface area contributed by atoms with Gasteiger partial charge in [-0.2, -0.15) is 5.10 Å². The number of benzene rings is 3. The molecule has 0 saturated carbocycles. The molecule has 128 valence electrons. The van der Waals surface area contributed by atoms with E-state index in [2.05, 4.69) is 10.2 Å². The maximum absolute atomic E-state index is 10.6. The molecule has 4 N–H and O–H groups in total. The smallest absolute Gasteiger partial charge is 0.104 e. The van der Waals surface area contributed by atoms with E-state index in [4.69, 9.17) is 5.73 Å². The van der Waals surface area contributed by atoms with Crippen LogP contribution in [0.2, 0.25) is 0 Å². The molecule has 3 aromatic carbocycles. The van der Waals surface area contributed by atoms with E-state index >= 15 is 0 Å². The fraction of sp³-hybridized carbons (Fsp3) is 0.0455. The maximum atomic E-state index is 10.6. The molecule has 1 heterocycles. The maximum Gasteiger partial charge on any atom is 0.104 e. The molecule has 0 aliphatic rings. The van der Waals surface area contributed by atoms with Crippen LogP contribution in [0.3, 0.4) is 0 Å². The number of nitrogens with zero attached hydrogens (tertiary/aromatic N) is 1. The van der Waals surface area contributed by atoms with Gasteiger partial charge in [0.25, 0.3) is 0 Å². The molecule has 0 bridgehead atoms. The van der Waals surface area contributed by atoms with Crippen LogP contribution in [-0.2, 0) is 0 Å². The molecule has 1 atom stereocenters. The highest BCUT2D eigenvalue weighted by atomic mass is 16.3. The lowest BCUT2D eigenvalue weighted by molar-refractivity contribution is 0.220. The van der Waals surface area contributed by atoms with Crippen LogP contribution in [-0.4, -0.2) is 15.3 Å². The second kappa shape index (κ2) is 6.86. The van der Waals surface area contributed by atoms with Crippen LogP contribution in [0.15, 0.2) is 72.8 Å². The minimum atomic E-state index is -0.727. The first kappa shape index (κ1) is 16.1. The summed E-state index contributed by atoms with van der Waals surface area (Å²) in [7, 11) is 0. The number of H-pyrrole nitrogens is 1. The van der Waals surface area contributed by atoms with E-state index in [-0.39, 0.29) is 0 Å². The van der Waals surface area contributed by atoms with Crippen LogP contribution >= 0.6 is 0 Å². The Bertz CT molecular complexity index is 1070. The molecule has 4 nitrogen and oxygen atoms in total. The van der Waals surface area contributed by atoms with Crippen molar-refractivity contribution in [1.29, 1.82) is 0 Å². The van der Waals surface area contributed by atoms with Crippen molar-refractivity contribution >= 4 is 28.7 Å². The van der Waals surface area contributed by atoms with Crippen molar-refractivity contribution < 1.29 is 5.11 Å². The van der Waals surface area contributed by atoms with Crippen molar-refractivity contribution in [2.24, 2.45) is 0 Å². The largest absolute Gasteiger partial charge is 0.399 e. The topological polar surface area (TPSA) is 74.9 Å². The molecule has 0 aliphatic carbocycles. The summed E-state index contributed by atoms with van der Waals surface area (Å²) in [5.74, 6) is 0. The summed E-state index contributed by atoms with van der Waals surface area (Å²) in [6.07, 6.45) is 3.29. The predicted molar refractivity (Wildman–Crippen MR) is 106 cm³/mol. The number of nitrogen functional groups attached to an aromatic ring is 1. The number of fused-ring (bicyclic) bond motifs is 1. The number of anilines is 1. The highest BCUT2D eigenvalue weighted by Gasteiger charge is 2.12. The third kappa shape index (κ3) is 3.23. The summed E-state index contributed by atoms with van der Waals surface area (Å²) in [5, 5.41) is 19.1. The lowest BCUT2D eigenvalue weighted by atomic mass is 9.99. The summed E-state index contributed by atoms with van der Waals surface area (Å²) in [6.45, 7) is 0. The van der Waals surface area contributed by atoms with Crippen LogP contribution in [0.4, 0.5) is 5.69 Å². The molecule has 1 unspecified atom stereocenters. The molecule has 0 fully saturated rings. The zero-order chi connectivity index (χ0) is 17.9. The zero-order valence-corrected chi connectivity index (χ0v) is 14.1. The van der Waals surface area contributed by atoms with Gasteiger partial charge in [0, 0.05) is 11.1 Å². The van der Waals surface area contributed by atoms with Crippen molar-refractivity contribution in [2.45, 2.75) is 6.10 Å². The number of hydrogen-bond donors (Lipinski definition) is 3. The van der Waals surface area contributed by atoms with Crippen molar-refractivity contribution in [3.63, 3.8) is 0 Å². The summed E-state index contributed by atoms with van der Waals surface area (Å²) in [6, 6.07) is 23.2. The number of aliphatic hydroxyl groups is 1. The Kier molecular flexibility index (Phi) is 4.25. The van der Waals surface area contributed by atoms with Gasteiger partial charge < -0.3 is 10.8 Å². The van der Waals surface area contributed by atoms with Gasteiger partial charge in [0.1, 0.15) is 6.10 Å². The lowest BCUT2D eigenvalue weighted by Crippen LogP contribution is -2.00. The molecule has 4 aromatic rings. The number of rotatable bonds is 4. The molecule has 0 saturated heterocycles. The summed E-state index contributed by atoms with van der Waals surface area (Å²) >= 11 is 0. The van der Waals surface area contributed by atoms with Crippen LogP contribution in [0, 0.1) is 0 Å². The Morgan fingerprint density at radius 3 is 2.50 bits per heavy atom. The van der Waals surface area contributed by atoms with E-state index in [1.54, 1.807) is 12.1 Å². The van der Waals surface area contributed by atoms with E-state index < -0.39 is 6.10 Å². The predicted octanol–water partition coefficient (Wildman–Crippen LogP) is 4.40. The summed E-state index contributed by atoms with van der Waals surface area (Å²) in [5.41, 5.74) is 10.9. The molecule has 1 aromatic heterocycles. The van der Waals surface area contributed by atoms with Crippen molar-refractivity contribution in [1.82, 2.24) is 10.2 Å². The first-order valence-electron chi connectivity index (χ1n) is 8.45. The number of hydrogen-bond acceptors (Lipinski definition) is 3. The zero-order valence-electron chi connectivity index (χ0n) is 14.1. The molecule has 4 rings (SSSR count). The Hall–Kier alpha value is -3.37. The number of aliphatic hydroxyl groups excluding tert-OH is 1. The van der Waals surface area contributed by atoms with Gasteiger partial charge in [-0.05, 0) is 41.0 Å². The summed E-state index contributed by atoms with van der Waals surface area (Å²) < 4.78 is 0. The number of aromatic amines is 1. The van der Waals surface area contributed by atoms with Gasteiger partial charge in [-0.3, -0.25) is 5.10 Å². The second-order valence-corrected chi connectivity index (χ2v) is 6.23. The average molecular weight is 341 g/mol.